The van der Waals surface area contributed by atoms with E-state index in [0.717, 1.165) is 16.7 Å². The summed E-state index contributed by atoms with van der Waals surface area (Å²) in [6.07, 6.45) is 0. The molecule has 4 heteroatoms. The molecule has 1 fully saturated rings. The maximum absolute atomic E-state index is 6.06. The van der Waals surface area contributed by atoms with Gasteiger partial charge in [-0.2, -0.15) is 0 Å². The first-order valence-electron chi connectivity index (χ1n) is 6.89. The van der Waals surface area contributed by atoms with Crippen molar-refractivity contribution in [1.29, 1.82) is 0 Å². The predicted octanol–water partition coefficient (Wildman–Crippen LogP) is 2.69. The summed E-state index contributed by atoms with van der Waals surface area (Å²) in [7, 11) is -0.317. The van der Waals surface area contributed by atoms with Gasteiger partial charge in [-0.15, -0.1) is 0 Å². The molecule has 0 bridgehead atoms. The second-order valence-electron chi connectivity index (χ2n) is 6.63. The Hall–Kier alpha value is -0.995. The number of nitrogens with two attached hydrogens (primary N) is 1. The minimum atomic E-state index is -0.317. The van der Waals surface area contributed by atoms with Gasteiger partial charge in [-0.1, -0.05) is 26.0 Å². The molecule has 3 nitrogen and oxygen atoms in total. The van der Waals surface area contributed by atoms with Crippen LogP contribution in [0.1, 0.15) is 53.0 Å². The van der Waals surface area contributed by atoms with Crippen LogP contribution >= 0.6 is 0 Å². The Morgan fingerprint density at radius 3 is 2.05 bits per heavy atom. The van der Waals surface area contributed by atoms with Gasteiger partial charge in [0.2, 0.25) is 0 Å². The van der Waals surface area contributed by atoms with E-state index in [2.05, 4.69) is 47.6 Å². The summed E-state index contributed by atoms with van der Waals surface area (Å²) in [6.45, 7) is 12.5. The van der Waals surface area contributed by atoms with Crippen molar-refractivity contribution in [3.63, 3.8) is 0 Å². The molecule has 0 amide bonds. The number of anilines is 1. The molecule has 1 saturated heterocycles. The first kappa shape index (κ1) is 14.4. The number of hydrogen-bond acceptors (Lipinski definition) is 3. The smallest absolute Gasteiger partial charge is 0.399 e. The summed E-state index contributed by atoms with van der Waals surface area (Å²) >= 11 is 0. The van der Waals surface area contributed by atoms with Gasteiger partial charge in [0.1, 0.15) is 0 Å². The van der Waals surface area contributed by atoms with Gasteiger partial charge in [0.25, 0.3) is 0 Å². The SMILES string of the molecule is CC(C)c1cc(B2OC(C)(C)C(C)(C)O2)ccc1N. The Morgan fingerprint density at radius 2 is 1.58 bits per heavy atom. The molecule has 2 N–H and O–H groups in total. The summed E-state index contributed by atoms with van der Waals surface area (Å²) in [6, 6.07) is 6.03. The standard InChI is InChI=1S/C15H24BNO2/c1-10(2)12-9-11(7-8-13(12)17)16-18-14(3,4)15(5,6)19-16/h7-10H,17H2,1-6H3. The first-order chi connectivity index (χ1) is 8.64. The molecule has 0 spiro atoms. The van der Waals surface area contributed by atoms with Crippen molar-refractivity contribution in [1.82, 2.24) is 0 Å². The second-order valence-corrected chi connectivity index (χ2v) is 6.63. The second kappa shape index (κ2) is 4.53. The fourth-order valence-electron chi connectivity index (χ4n) is 2.22. The lowest BCUT2D eigenvalue weighted by atomic mass is 9.77. The Labute approximate surface area is 116 Å². The van der Waals surface area contributed by atoms with Crippen molar-refractivity contribution in [2.24, 2.45) is 0 Å². The van der Waals surface area contributed by atoms with Crippen LogP contribution in [-0.4, -0.2) is 18.3 Å². The fraction of sp³-hybridized carbons (Fsp3) is 0.600. The normalized spacial score (nSPS) is 21.1. The number of nitrogen functional groups attached to an aromatic ring is 1. The van der Waals surface area contributed by atoms with Gasteiger partial charge >= 0.3 is 7.12 Å². The lowest BCUT2D eigenvalue weighted by Crippen LogP contribution is -2.41. The molecule has 1 aliphatic heterocycles. The van der Waals surface area contributed by atoms with Crippen molar-refractivity contribution in [2.45, 2.75) is 58.7 Å². The van der Waals surface area contributed by atoms with Crippen LogP contribution in [0.25, 0.3) is 0 Å². The van der Waals surface area contributed by atoms with E-state index >= 15 is 0 Å². The summed E-state index contributed by atoms with van der Waals surface area (Å²) in [5.74, 6) is 0.391. The molecule has 104 valence electrons. The van der Waals surface area contributed by atoms with Gasteiger partial charge < -0.3 is 15.0 Å². The Kier molecular flexibility index (Phi) is 3.44. The van der Waals surface area contributed by atoms with Gasteiger partial charge in [-0.25, -0.2) is 0 Å². The Bertz CT molecular complexity index is 467. The highest BCUT2D eigenvalue weighted by molar-refractivity contribution is 6.62. The predicted molar refractivity (Wildman–Crippen MR) is 80.7 cm³/mol. The molecule has 0 unspecified atom stereocenters. The average molecular weight is 261 g/mol. The van der Waals surface area contributed by atoms with Gasteiger partial charge in [0, 0.05) is 5.69 Å². The topological polar surface area (TPSA) is 44.5 Å². The van der Waals surface area contributed by atoms with Crippen LogP contribution in [0.3, 0.4) is 0 Å². The third-order valence-electron chi connectivity index (χ3n) is 4.26. The minimum Gasteiger partial charge on any atom is -0.399 e. The summed E-state index contributed by atoms with van der Waals surface area (Å²) in [5.41, 5.74) is 8.41. The average Bonchev–Trinajstić information content (AvgIpc) is 2.48. The molecule has 0 aromatic heterocycles. The minimum absolute atomic E-state index is 0.308. The highest BCUT2D eigenvalue weighted by Gasteiger charge is 2.51. The maximum atomic E-state index is 6.06. The molecule has 19 heavy (non-hydrogen) atoms. The van der Waals surface area contributed by atoms with Crippen LogP contribution in [0, 0.1) is 0 Å². The van der Waals surface area contributed by atoms with E-state index in [4.69, 9.17) is 15.0 Å². The van der Waals surface area contributed by atoms with E-state index in [9.17, 15) is 0 Å². The quantitative estimate of drug-likeness (QED) is 0.657. The zero-order valence-electron chi connectivity index (χ0n) is 12.8. The maximum Gasteiger partial charge on any atom is 0.494 e. The van der Waals surface area contributed by atoms with Crippen LogP contribution < -0.4 is 11.2 Å². The molecule has 1 heterocycles. The van der Waals surface area contributed by atoms with E-state index in [1.54, 1.807) is 0 Å². The van der Waals surface area contributed by atoms with Crippen molar-refractivity contribution < 1.29 is 9.31 Å². The molecule has 0 saturated carbocycles. The third kappa shape index (κ3) is 2.52. The monoisotopic (exact) mass is 261 g/mol. The lowest BCUT2D eigenvalue weighted by Gasteiger charge is -2.32. The zero-order valence-corrected chi connectivity index (χ0v) is 12.8. The summed E-state index contributed by atoms with van der Waals surface area (Å²) in [4.78, 5) is 0. The van der Waals surface area contributed by atoms with Crippen molar-refractivity contribution in [3.05, 3.63) is 23.8 Å². The molecule has 1 aromatic rings. The van der Waals surface area contributed by atoms with Crippen molar-refractivity contribution in [2.75, 3.05) is 5.73 Å². The van der Waals surface area contributed by atoms with Crippen LogP contribution in [0.4, 0.5) is 5.69 Å². The van der Waals surface area contributed by atoms with E-state index in [1.807, 2.05) is 12.1 Å². The summed E-state index contributed by atoms with van der Waals surface area (Å²) in [5, 5.41) is 0. The largest absolute Gasteiger partial charge is 0.494 e. The number of hydrogen-bond donors (Lipinski definition) is 1. The molecule has 0 atom stereocenters. The van der Waals surface area contributed by atoms with Crippen molar-refractivity contribution in [3.8, 4) is 0 Å². The molecule has 1 aromatic carbocycles. The molecule has 0 radical (unpaired) electrons. The number of benzene rings is 1. The highest BCUT2D eigenvalue weighted by atomic mass is 16.7. The Balaban J connectivity index is 2.32. The zero-order chi connectivity index (χ0) is 14.4. The van der Waals surface area contributed by atoms with Crippen molar-refractivity contribution >= 4 is 18.3 Å². The third-order valence-corrected chi connectivity index (χ3v) is 4.26. The van der Waals surface area contributed by atoms with Crippen LogP contribution in [0.5, 0.6) is 0 Å². The Morgan fingerprint density at radius 1 is 1.05 bits per heavy atom. The van der Waals surface area contributed by atoms with E-state index in [0.29, 0.717) is 5.92 Å². The van der Waals surface area contributed by atoms with Gasteiger partial charge in [0.15, 0.2) is 0 Å². The molecule has 0 aliphatic carbocycles. The lowest BCUT2D eigenvalue weighted by molar-refractivity contribution is 0.00578. The number of rotatable bonds is 2. The van der Waals surface area contributed by atoms with Crippen LogP contribution in [-0.2, 0) is 9.31 Å². The van der Waals surface area contributed by atoms with E-state index in [1.165, 1.54) is 0 Å². The van der Waals surface area contributed by atoms with E-state index in [-0.39, 0.29) is 18.3 Å². The summed E-state index contributed by atoms with van der Waals surface area (Å²) < 4.78 is 12.1. The first-order valence-corrected chi connectivity index (χ1v) is 6.89. The van der Waals surface area contributed by atoms with Gasteiger partial charge in [-0.05, 0) is 50.7 Å². The van der Waals surface area contributed by atoms with Gasteiger partial charge in [0.05, 0.1) is 11.2 Å². The molecular weight excluding hydrogens is 237 g/mol. The van der Waals surface area contributed by atoms with Gasteiger partial charge in [-0.3, -0.25) is 0 Å². The van der Waals surface area contributed by atoms with Crippen LogP contribution in [0.2, 0.25) is 0 Å². The van der Waals surface area contributed by atoms with E-state index < -0.39 is 0 Å². The highest BCUT2D eigenvalue weighted by Crippen LogP contribution is 2.36. The molecular formula is C15H24BNO2. The fourth-order valence-corrected chi connectivity index (χ4v) is 2.22. The van der Waals surface area contributed by atoms with Crippen LogP contribution in [0.15, 0.2) is 18.2 Å². The molecule has 2 rings (SSSR count). The molecule has 1 aliphatic rings.